The minimum Gasteiger partial charge on any atom is -0.456 e. The normalized spacial score (nSPS) is 16.4. The van der Waals surface area contributed by atoms with Crippen molar-refractivity contribution in [3.05, 3.63) is 29.8 Å². The summed E-state index contributed by atoms with van der Waals surface area (Å²) in [6.07, 6.45) is 0.626. The van der Waals surface area contributed by atoms with Crippen molar-refractivity contribution in [3.63, 3.8) is 0 Å². The fourth-order valence-corrected chi connectivity index (χ4v) is 3.52. The second-order valence-corrected chi connectivity index (χ2v) is 6.28. The van der Waals surface area contributed by atoms with Gasteiger partial charge in [-0.2, -0.15) is 0 Å². The van der Waals surface area contributed by atoms with E-state index in [1.165, 1.54) is 4.31 Å². The zero-order chi connectivity index (χ0) is 14.6. The van der Waals surface area contributed by atoms with Crippen molar-refractivity contribution in [1.82, 2.24) is 0 Å². The first kappa shape index (κ1) is 14.4. The summed E-state index contributed by atoms with van der Waals surface area (Å²) in [7, 11) is -3.20. The van der Waals surface area contributed by atoms with Gasteiger partial charge in [0.1, 0.15) is 0 Å². The smallest absolute Gasteiger partial charge is 0.384 e. The summed E-state index contributed by atoms with van der Waals surface area (Å²) in [6, 6.07) is 6.82. The Hall–Kier alpha value is -2.00. The highest BCUT2D eigenvalue weighted by Gasteiger charge is 2.28. The highest BCUT2D eigenvalue weighted by atomic mass is 32.2. The van der Waals surface area contributed by atoms with Crippen LogP contribution in [0.2, 0.25) is 0 Å². The summed E-state index contributed by atoms with van der Waals surface area (Å²) in [5.74, 6) is 4.62. The van der Waals surface area contributed by atoms with Crippen LogP contribution in [-0.4, -0.2) is 33.3 Å². The van der Waals surface area contributed by atoms with Crippen molar-refractivity contribution in [3.8, 4) is 11.8 Å². The van der Waals surface area contributed by atoms with Crippen LogP contribution < -0.4 is 4.31 Å². The van der Waals surface area contributed by atoms with Gasteiger partial charge in [-0.3, -0.25) is 4.31 Å². The third-order valence-electron chi connectivity index (χ3n) is 2.82. The van der Waals surface area contributed by atoms with Crippen LogP contribution in [0.25, 0.3) is 0 Å². The fraction of sp³-hybridized carbons (Fsp3) is 0.357. The molecule has 0 bridgehead atoms. The van der Waals surface area contributed by atoms with Gasteiger partial charge >= 0.3 is 5.97 Å². The fourth-order valence-electron chi connectivity index (χ4n) is 1.96. The number of esters is 1. The number of anilines is 1. The third-order valence-corrected chi connectivity index (χ3v) is 4.69. The van der Waals surface area contributed by atoms with Crippen molar-refractivity contribution in [2.45, 2.75) is 13.3 Å². The van der Waals surface area contributed by atoms with Gasteiger partial charge in [-0.25, -0.2) is 13.2 Å². The Morgan fingerprint density at radius 2 is 2.25 bits per heavy atom. The van der Waals surface area contributed by atoms with E-state index < -0.39 is 16.0 Å². The van der Waals surface area contributed by atoms with E-state index >= 15 is 0 Å². The number of nitrogens with zero attached hydrogens (tertiary/aromatic N) is 1. The molecule has 20 heavy (non-hydrogen) atoms. The van der Waals surface area contributed by atoms with Crippen molar-refractivity contribution in [2.24, 2.45) is 0 Å². The number of carbonyl (C=O) groups is 1. The molecular formula is C14H15NO4S. The highest BCUT2D eigenvalue weighted by molar-refractivity contribution is 7.93. The molecule has 6 heteroatoms. The summed E-state index contributed by atoms with van der Waals surface area (Å²) in [4.78, 5) is 11.2. The van der Waals surface area contributed by atoms with E-state index in [0.29, 0.717) is 24.2 Å². The van der Waals surface area contributed by atoms with Gasteiger partial charge in [-0.05, 0) is 31.5 Å². The molecule has 1 aliphatic rings. The number of hydrogen-bond donors (Lipinski definition) is 0. The standard InChI is InChI=1S/C14H15NO4S/c1-2-19-14(16)8-7-12-5-3-6-13(11-12)15-9-4-10-20(15,17)18/h3,5-6,11H,2,4,9-10H2,1H3. The predicted molar refractivity (Wildman–Crippen MR) is 75.7 cm³/mol. The average molecular weight is 293 g/mol. The highest BCUT2D eigenvalue weighted by Crippen LogP contribution is 2.24. The van der Waals surface area contributed by atoms with Crippen LogP contribution in [0.15, 0.2) is 24.3 Å². The molecule has 1 saturated heterocycles. The van der Waals surface area contributed by atoms with Crippen LogP contribution in [-0.2, 0) is 19.6 Å². The topological polar surface area (TPSA) is 63.7 Å². The summed E-state index contributed by atoms with van der Waals surface area (Å²) < 4.78 is 29.8. The van der Waals surface area contributed by atoms with Crippen LogP contribution >= 0.6 is 0 Å². The monoisotopic (exact) mass is 293 g/mol. The Labute approximate surface area is 118 Å². The van der Waals surface area contributed by atoms with E-state index in [1.807, 2.05) is 0 Å². The summed E-state index contributed by atoms with van der Waals surface area (Å²) >= 11 is 0. The maximum absolute atomic E-state index is 11.8. The van der Waals surface area contributed by atoms with Gasteiger partial charge in [0.2, 0.25) is 10.0 Å². The number of carbonyl (C=O) groups excluding carboxylic acids is 1. The SMILES string of the molecule is CCOC(=O)C#Cc1cccc(N2CCCS2(=O)=O)c1. The minimum atomic E-state index is -3.20. The van der Waals surface area contributed by atoms with E-state index in [9.17, 15) is 13.2 Å². The van der Waals surface area contributed by atoms with E-state index in [2.05, 4.69) is 11.8 Å². The molecule has 1 aliphatic heterocycles. The molecule has 1 fully saturated rings. The number of ether oxygens (including phenoxy) is 1. The zero-order valence-corrected chi connectivity index (χ0v) is 11.9. The molecule has 106 valence electrons. The Morgan fingerprint density at radius 1 is 1.45 bits per heavy atom. The van der Waals surface area contributed by atoms with Gasteiger partial charge in [-0.15, -0.1) is 0 Å². The first-order valence-electron chi connectivity index (χ1n) is 6.32. The zero-order valence-electron chi connectivity index (χ0n) is 11.1. The van der Waals surface area contributed by atoms with Crippen molar-refractivity contribution in [1.29, 1.82) is 0 Å². The van der Waals surface area contributed by atoms with Crippen LogP contribution in [0.5, 0.6) is 0 Å². The number of sulfonamides is 1. The molecular weight excluding hydrogens is 278 g/mol. The second-order valence-electron chi connectivity index (χ2n) is 4.26. The van der Waals surface area contributed by atoms with E-state index in [1.54, 1.807) is 31.2 Å². The molecule has 0 radical (unpaired) electrons. The van der Waals surface area contributed by atoms with Crippen LogP contribution in [0.1, 0.15) is 18.9 Å². The quantitative estimate of drug-likeness (QED) is 0.606. The van der Waals surface area contributed by atoms with Crippen molar-refractivity contribution in [2.75, 3.05) is 23.2 Å². The van der Waals surface area contributed by atoms with Gasteiger partial charge in [0, 0.05) is 18.0 Å². The molecule has 0 aliphatic carbocycles. The molecule has 0 aromatic heterocycles. The lowest BCUT2D eigenvalue weighted by Crippen LogP contribution is -2.24. The van der Waals surface area contributed by atoms with E-state index in [-0.39, 0.29) is 12.4 Å². The van der Waals surface area contributed by atoms with Gasteiger partial charge in [0.25, 0.3) is 0 Å². The first-order valence-corrected chi connectivity index (χ1v) is 7.93. The summed E-state index contributed by atoms with van der Waals surface area (Å²) in [5, 5.41) is 0. The average Bonchev–Trinajstić information content (AvgIpc) is 2.77. The lowest BCUT2D eigenvalue weighted by atomic mass is 10.2. The maximum Gasteiger partial charge on any atom is 0.384 e. The van der Waals surface area contributed by atoms with Gasteiger partial charge < -0.3 is 4.74 Å². The Bertz CT molecular complexity index is 670. The van der Waals surface area contributed by atoms with E-state index in [0.717, 1.165) is 0 Å². The molecule has 0 spiro atoms. The maximum atomic E-state index is 11.8. The van der Waals surface area contributed by atoms with Crippen LogP contribution in [0, 0.1) is 11.8 Å². The Balaban J connectivity index is 2.23. The number of hydrogen-bond acceptors (Lipinski definition) is 4. The molecule has 0 atom stereocenters. The molecule has 1 aromatic rings. The van der Waals surface area contributed by atoms with Gasteiger partial charge in [-0.1, -0.05) is 12.0 Å². The van der Waals surface area contributed by atoms with E-state index in [4.69, 9.17) is 4.74 Å². The Morgan fingerprint density at radius 3 is 2.90 bits per heavy atom. The number of rotatable bonds is 2. The van der Waals surface area contributed by atoms with Gasteiger partial charge in [0.15, 0.2) is 0 Å². The Kier molecular flexibility index (Phi) is 4.30. The lowest BCUT2D eigenvalue weighted by molar-refractivity contribution is -0.136. The minimum absolute atomic E-state index is 0.172. The van der Waals surface area contributed by atoms with Gasteiger partial charge in [0.05, 0.1) is 18.0 Å². The largest absolute Gasteiger partial charge is 0.456 e. The third kappa shape index (κ3) is 3.31. The first-order chi connectivity index (χ1) is 9.53. The van der Waals surface area contributed by atoms with Crippen molar-refractivity contribution >= 4 is 21.7 Å². The molecule has 0 unspecified atom stereocenters. The molecule has 5 nitrogen and oxygen atoms in total. The second kappa shape index (κ2) is 5.97. The molecule has 1 aromatic carbocycles. The molecule has 2 rings (SSSR count). The van der Waals surface area contributed by atoms with Crippen LogP contribution in [0.4, 0.5) is 5.69 Å². The molecule has 0 saturated carbocycles. The van der Waals surface area contributed by atoms with Crippen LogP contribution in [0.3, 0.4) is 0 Å². The molecule has 1 heterocycles. The molecule has 0 N–H and O–H groups in total. The van der Waals surface area contributed by atoms with Crippen molar-refractivity contribution < 1.29 is 17.9 Å². The summed E-state index contributed by atoms with van der Waals surface area (Å²) in [5.41, 5.74) is 1.16. The molecule has 0 amide bonds. The number of benzene rings is 1. The predicted octanol–water partition coefficient (Wildman–Crippen LogP) is 1.14. The lowest BCUT2D eigenvalue weighted by Gasteiger charge is -2.16. The summed E-state index contributed by atoms with van der Waals surface area (Å²) in [6.45, 7) is 2.47.